The molecule has 0 saturated carbocycles. The molecule has 1 heterocycles. The van der Waals surface area contributed by atoms with E-state index >= 15 is 0 Å². The summed E-state index contributed by atoms with van der Waals surface area (Å²) >= 11 is 3.54. The van der Waals surface area contributed by atoms with Crippen LogP contribution < -0.4 is 5.32 Å². The molecular weight excluding hydrogens is 294 g/mol. The van der Waals surface area contributed by atoms with Gasteiger partial charge in [-0.1, -0.05) is 41.1 Å². The van der Waals surface area contributed by atoms with Gasteiger partial charge < -0.3 is 5.32 Å². The zero-order chi connectivity index (χ0) is 13.0. The summed E-state index contributed by atoms with van der Waals surface area (Å²) in [6.45, 7) is 5.69. The molecule has 1 aromatic heterocycles. The molecule has 5 nitrogen and oxygen atoms in total. The van der Waals surface area contributed by atoms with Crippen molar-refractivity contribution < 1.29 is 0 Å². The molecule has 1 atom stereocenters. The molecule has 0 aliphatic heterocycles. The average molecular weight is 310 g/mol. The summed E-state index contributed by atoms with van der Waals surface area (Å²) in [7, 11) is 0. The van der Waals surface area contributed by atoms with Crippen LogP contribution in [0.1, 0.15) is 31.3 Å². The van der Waals surface area contributed by atoms with Gasteiger partial charge in [0.05, 0.1) is 12.6 Å². The van der Waals surface area contributed by atoms with E-state index in [1.54, 1.807) is 0 Å². The molecule has 1 aromatic carbocycles. The highest BCUT2D eigenvalue weighted by molar-refractivity contribution is 9.10. The lowest BCUT2D eigenvalue weighted by molar-refractivity contribution is 0.516. The minimum Gasteiger partial charge on any atom is -0.308 e. The third-order valence-electron chi connectivity index (χ3n) is 2.74. The molecule has 1 unspecified atom stereocenters. The molecule has 0 aliphatic carbocycles. The first-order chi connectivity index (χ1) is 8.72. The van der Waals surface area contributed by atoms with Gasteiger partial charge in [0, 0.05) is 4.47 Å². The number of aromatic nitrogens is 4. The van der Waals surface area contributed by atoms with Gasteiger partial charge in [-0.2, -0.15) is 0 Å². The molecular formula is C12H16BrN5. The van der Waals surface area contributed by atoms with Gasteiger partial charge in [-0.3, -0.25) is 0 Å². The summed E-state index contributed by atoms with van der Waals surface area (Å²) in [6, 6.07) is 8.24. The molecule has 6 heteroatoms. The Morgan fingerprint density at radius 3 is 2.89 bits per heavy atom. The van der Waals surface area contributed by atoms with Crippen LogP contribution in [-0.4, -0.2) is 26.8 Å². The second-order valence-electron chi connectivity index (χ2n) is 4.07. The van der Waals surface area contributed by atoms with Crippen molar-refractivity contribution in [2.24, 2.45) is 0 Å². The lowest BCUT2D eigenvalue weighted by Gasteiger charge is -2.12. The summed E-state index contributed by atoms with van der Waals surface area (Å²) in [5.41, 5.74) is 1.16. The van der Waals surface area contributed by atoms with Gasteiger partial charge in [0.25, 0.3) is 0 Å². The highest BCUT2D eigenvalue weighted by Crippen LogP contribution is 2.18. The maximum Gasteiger partial charge on any atom is 0.168 e. The highest BCUT2D eigenvalue weighted by atomic mass is 79.9. The molecule has 1 N–H and O–H groups in total. The van der Waals surface area contributed by atoms with Crippen molar-refractivity contribution in [2.45, 2.75) is 26.4 Å². The van der Waals surface area contributed by atoms with E-state index in [2.05, 4.69) is 56.7 Å². The van der Waals surface area contributed by atoms with Crippen molar-refractivity contribution in [3.63, 3.8) is 0 Å². The number of nitrogens with zero attached hydrogens (tertiary/aromatic N) is 4. The van der Waals surface area contributed by atoms with Gasteiger partial charge in [0.1, 0.15) is 0 Å². The van der Waals surface area contributed by atoms with Gasteiger partial charge in [-0.15, -0.1) is 5.10 Å². The van der Waals surface area contributed by atoms with Gasteiger partial charge in [0.15, 0.2) is 5.82 Å². The SMILES string of the molecule is CCNC(C)c1nnnn1Cc1ccccc1Br. The van der Waals surface area contributed by atoms with E-state index in [4.69, 9.17) is 0 Å². The van der Waals surface area contributed by atoms with Crippen LogP contribution in [0.3, 0.4) is 0 Å². The Morgan fingerprint density at radius 1 is 1.39 bits per heavy atom. The second-order valence-corrected chi connectivity index (χ2v) is 4.92. The van der Waals surface area contributed by atoms with Crippen molar-refractivity contribution in [2.75, 3.05) is 6.54 Å². The third-order valence-corrected chi connectivity index (χ3v) is 3.51. The van der Waals surface area contributed by atoms with E-state index in [0.717, 1.165) is 22.4 Å². The van der Waals surface area contributed by atoms with Crippen molar-refractivity contribution >= 4 is 15.9 Å². The normalized spacial score (nSPS) is 12.6. The van der Waals surface area contributed by atoms with Gasteiger partial charge in [-0.25, -0.2) is 4.68 Å². The molecule has 0 amide bonds. The third kappa shape index (κ3) is 2.94. The van der Waals surface area contributed by atoms with Crippen LogP contribution in [0.25, 0.3) is 0 Å². The number of nitrogens with one attached hydrogen (secondary N) is 1. The van der Waals surface area contributed by atoms with E-state index in [0.29, 0.717) is 6.54 Å². The number of hydrogen-bond donors (Lipinski definition) is 1. The van der Waals surface area contributed by atoms with Gasteiger partial charge in [0.2, 0.25) is 0 Å². The fourth-order valence-corrected chi connectivity index (χ4v) is 2.23. The molecule has 96 valence electrons. The smallest absolute Gasteiger partial charge is 0.168 e. The number of halogens is 1. The van der Waals surface area contributed by atoms with Crippen LogP contribution >= 0.6 is 15.9 Å². The van der Waals surface area contributed by atoms with Crippen LogP contribution in [-0.2, 0) is 6.54 Å². The van der Waals surface area contributed by atoms with Crippen LogP contribution in [0.15, 0.2) is 28.7 Å². The molecule has 0 spiro atoms. The van der Waals surface area contributed by atoms with Crippen LogP contribution in [0.4, 0.5) is 0 Å². The number of rotatable bonds is 5. The first-order valence-corrected chi connectivity index (χ1v) is 6.74. The summed E-state index contributed by atoms with van der Waals surface area (Å²) in [5.74, 6) is 0.854. The molecule has 0 radical (unpaired) electrons. The second kappa shape index (κ2) is 6.06. The average Bonchev–Trinajstić information content (AvgIpc) is 2.81. The Labute approximate surface area is 115 Å². The minimum atomic E-state index is 0.146. The predicted octanol–water partition coefficient (Wildman–Crippen LogP) is 2.15. The maximum atomic E-state index is 4.08. The molecule has 2 rings (SSSR count). The van der Waals surface area contributed by atoms with Gasteiger partial charge >= 0.3 is 0 Å². The van der Waals surface area contributed by atoms with E-state index < -0.39 is 0 Å². The molecule has 18 heavy (non-hydrogen) atoms. The monoisotopic (exact) mass is 309 g/mol. The topological polar surface area (TPSA) is 55.6 Å². The Balaban J connectivity index is 2.20. The largest absolute Gasteiger partial charge is 0.308 e. The number of benzene rings is 1. The van der Waals surface area contributed by atoms with Gasteiger partial charge in [-0.05, 0) is 35.5 Å². The Bertz CT molecular complexity index is 511. The Hall–Kier alpha value is -1.27. The quantitative estimate of drug-likeness (QED) is 0.919. The minimum absolute atomic E-state index is 0.146. The fourth-order valence-electron chi connectivity index (χ4n) is 1.82. The van der Waals surface area contributed by atoms with E-state index in [1.165, 1.54) is 0 Å². The van der Waals surface area contributed by atoms with Crippen molar-refractivity contribution in [3.8, 4) is 0 Å². The number of hydrogen-bond acceptors (Lipinski definition) is 4. The zero-order valence-electron chi connectivity index (χ0n) is 10.5. The highest BCUT2D eigenvalue weighted by Gasteiger charge is 2.14. The molecule has 0 aliphatic rings. The summed E-state index contributed by atoms with van der Waals surface area (Å²) < 4.78 is 2.90. The Morgan fingerprint density at radius 2 is 2.17 bits per heavy atom. The van der Waals surface area contributed by atoms with Crippen LogP contribution in [0.5, 0.6) is 0 Å². The summed E-state index contributed by atoms with van der Waals surface area (Å²) in [4.78, 5) is 0. The van der Waals surface area contributed by atoms with E-state index in [-0.39, 0.29) is 6.04 Å². The lowest BCUT2D eigenvalue weighted by Crippen LogP contribution is -2.22. The van der Waals surface area contributed by atoms with Crippen LogP contribution in [0, 0.1) is 0 Å². The first kappa shape index (κ1) is 13.2. The van der Waals surface area contributed by atoms with Crippen molar-refractivity contribution in [1.82, 2.24) is 25.5 Å². The number of tetrazole rings is 1. The molecule has 2 aromatic rings. The standard InChI is InChI=1S/C12H16BrN5/c1-3-14-9(2)12-15-16-17-18(12)8-10-6-4-5-7-11(10)13/h4-7,9,14H,3,8H2,1-2H3. The maximum absolute atomic E-state index is 4.08. The van der Waals surface area contributed by atoms with Crippen LogP contribution in [0.2, 0.25) is 0 Å². The predicted molar refractivity (Wildman–Crippen MR) is 73.2 cm³/mol. The summed E-state index contributed by atoms with van der Waals surface area (Å²) in [6.07, 6.45) is 0. The van der Waals surface area contributed by atoms with Crippen molar-refractivity contribution in [3.05, 3.63) is 40.1 Å². The fraction of sp³-hybridized carbons (Fsp3) is 0.417. The molecule has 0 bridgehead atoms. The first-order valence-electron chi connectivity index (χ1n) is 5.95. The lowest BCUT2D eigenvalue weighted by atomic mass is 10.2. The Kier molecular flexibility index (Phi) is 4.43. The molecule has 0 fully saturated rings. The van der Waals surface area contributed by atoms with E-state index in [1.807, 2.05) is 22.9 Å². The zero-order valence-corrected chi connectivity index (χ0v) is 12.1. The van der Waals surface area contributed by atoms with E-state index in [9.17, 15) is 0 Å². The molecule has 0 saturated heterocycles. The summed E-state index contributed by atoms with van der Waals surface area (Å²) in [5, 5.41) is 15.2. The van der Waals surface area contributed by atoms with Crippen molar-refractivity contribution in [1.29, 1.82) is 0 Å².